The Labute approximate surface area is 75.0 Å². The maximum Gasteiger partial charge on any atom is 0.212 e. The SMILES string of the molecule is N#C[C@@]12OC[C@@H]1CC[C@H]2[CH2][AlH2]. The lowest BCUT2D eigenvalue weighted by molar-refractivity contribution is -0.166. The maximum absolute atomic E-state index is 8.99. The molecule has 3 heteroatoms. The third-order valence-electron chi connectivity index (χ3n) is 3.27. The molecule has 1 saturated carbocycles. The van der Waals surface area contributed by atoms with E-state index in [1.165, 1.54) is 34.4 Å². The van der Waals surface area contributed by atoms with Gasteiger partial charge in [0.1, 0.15) is 0 Å². The third kappa shape index (κ3) is 0.812. The monoisotopic (exact) mass is 165 g/mol. The molecule has 0 aromatic heterocycles. The van der Waals surface area contributed by atoms with E-state index in [0.29, 0.717) is 11.8 Å². The van der Waals surface area contributed by atoms with Crippen LogP contribution < -0.4 is 0 Å². The summed E-state index contributed by atoms with van der Waals surface area (Å²) in [6.45, 7) is 0.839. The fraction of sp³-hybridized carbons (Fsp3) is 0.875. The molecule has 0 unspecified atom stereocenters. The molecule has 2 nitrogen and oxygen atoms in total. The van der Waals surface area contributed by atoms with Gasteiger partial charge in [-0.3, -0.25) is 0 Å². The Balaban J connectivity index is 2.21. The zero-order valence-corrected chi connectivity index (χ0v) is 8.84. The van der Waals surface area contributed by atoms with E-state index >= 15 is 0 Å². The Morgan fingerprint density at radius 3 is 2.82 bits per heavy atom. The molecule has 3 atom stereocenters. The minimum atomic E-state index is -0.318. The topological polar surface area (TPSA) is 33.0 Å². The molecule has 1 heterocycles. The Kier molecular flexibility index (Phi) is 1.73. The Morgan fingerprint density at radius 2 is 2.45 bits per heavy atom. The molecule has 2 aliphatic rings. The van der Waals surface area contributed by atoms with E-state index in [0.717, 1.165) is 6.61 Å². The lowest BCUT2D eigenvalue weighted by atomic mass is 9.82. The van der Waals surface area contributed by atoms with Gasteiger partial charge >= 0.3 is 0 Å². The molecule has 2 rings (SSSR count). The molecule has 0 spiro atoms. The van der Waals surface area contributed by atoms with Crippen LogP contribution in [0.25, 0.3) is 0 Å². The van der Waals surface area contributed by atoms with Crippen LogP contribution in [-0.4, -0.2) is 28.5 Å². The summed E-state index contributed by atoms with van der Waals surface area (Å²) in [7, 11) is 0. The zero-order chi connectivity index (χ0) is 7.90. The highest BCUT2D eigenvalue weighted by Gasteiger charge is 2.57. The normalized spacial score (nSPS) is 47.5. The molecule has 1 aliphatic carbocycles. The van der Waals surface area contributed by atoms with Crippen molar-refractivity contribution in [1.82, 2.24) is 0 Å². The van der Waals surface area contributed by atoms with Crippen LogP contribution in [0.2, 0.25) is 5.28 Å². The molecule has 58 valence electrons. The number of ether oxygens (including phenoxy) is 1. The molecule has 0 aromatic carbocycles. The maximum atomic E-state index is 8.99. The molecule has 0 aromatic rings. The van der Waals surface area contributed by atoms with E-state index in [2.05, 4.69) is 6.07 Å². The minimum absolute atomic E-state index is 0.318. The van der Waals surface area contributed by atoms with Gasteiger partial charge in [0.05, 0.1) is 12.7 Å². The van der Waals surface area contributed by atoms with Gasteiger partial charge in [0.25, 0.3) is 0 Å². The predicted octanol–water partition coefficient (Wildman–Crippen LogP) is 0.357. The van der Waals surface area contributed by atoms with Crippen molar-refractivity contribution in [2.45, 2.75) is 23.7 Å². The second-order valence-corrected chi connectivity index (χ2v) is 4.41. The standard InChI is InChI=1S/C8H10NO.Al.2H/c1-6-2-3-7-4-10-8(6,7)5-9;;;/h6-7H,1-4H2;;;/t6-,7+,8+;;;/m1.../s1. The fourth-order valence-corrected chi connectivity index (χ4v) is 3.48. The van der Waals surface area contributed by atoms with Gasteiger partial charge in [-0.25, -0.2) is 0 Å². The van der Waals surface area contributed by atoms with Crippen LogP contribution in [0.4, 0.5) is 0 Å². The summed E-state index contributed by atoms with van der Waals surface area (Å²) in [5.74, 6) is 1.14. The first-order valence-electron chi connectivity index (χ1n) is 4.38. The van der Waals surface area contributed by atoms with Crippen molar-refractivity contribution in [1.29, 1.82) is 5.26 Å². The van der Waals surface area contributed by atoms with Gasteiger partial charge in [0.2, 0.25) is 16.3 Å². The second kappa shape index (κ2) is 2.49. The van der Waals surface area contributed by atoms with Crippen LogP contribution in [0.5, 0.6) is 0 Å². The molecule has 0 amide bonds. The Hall–Kier alpha value is -0.0175. The molecular weight excluding hydrogens is 153 g/mol. The van der Waals surface area contributed by atoms with E-state index in [9.17, 15) is 0 Å². The Morgan fingerprint density at radius 1 is 1.64 bits per heavy atom. The number of rotatable bonds is 1. The lowest BCUT2D eigenvalue weighted by Crippen LogP contribution is -2.52. The Bertz CT molecular complexity index is 213. The summed E-state index contributed by atoms with van der Waals surface area (Å²) >= 11 is 1.20. The molecule has 11 heavy (non-hydrogen) atoms. The molecule has 1 aliphatic heterocycles. The van der Waals surface area contributed by atoms with Crippen LogP contribution in [-0.2, 0) is 4.74 Å². The van der Waals surface area contributed by atoms with Gasteiger partial charge in [-0.2, -0.15) is 5.26 Å². The molecule has 0 bridgehead atoms. The first kappa shape index (κ1) is 7.62. The van der Waals surface area contributed by atoms with E-state index in [-0.39, 0.29) is 5.60 Å². The van der Waals surface area contributed by atoms with Crippen LogP contribution >= 0.6 is 0 Å². The number of hydrogen-bond donors (Lipinski definition) is 0. The van der Waals surface area contributed by atoms with Gasteiger partial charge in [-0.05, 0) is 18.8 Å². The van der Waals surface area contributed by atoms with Crippen LogP contribution in [0.1, 0.15) is 12.8 Å². The van der Waals surface area contributed by atoms with E-state index < -0.39 is 0 Å². The van der Waals surface area contributed by atoms with Crippen molar-refractivity contribution in [3.8, 4) is 6.07 Å². The van der Waals surface area contributed by atoms with E-state index in [1.54, 1.807) is 0 Å². The van der Waals surface area contributed by atoms with Crippen molar-refractivity contribution in [2.75, 3.05) is 6.61 Å². The largest absolute Gasteiger partial charge is 0.359 e. The molecule has 1 saturated heterocycles. The highest BCUT2D eigenvalue weighted by Crippen LogP contribution is 2.51. The van der Waals surface area contributed by atoms with Gasteiger partial charge in [-0.1, -0.05) is 5.28 Å². The average molecular weight is 165 g/mol. The van der Waals surface area contributed by atoms with E-state index in [4.69, 9.17) is 10.00 Å². The summed E-state index contributed by atoms with van der Waals surface area (Å²) in [5, 5.41) is 10.2. The third-order valence-corrected chi connectivity index (χ3v) is 4.25. The molecule has 2 fully saturated rings. The first-order valence-corrected chi connectivity index (χ1v) is 5.80. The number of nitrogens with zero attached hydrogens (tertiary/aromatic N) is 1. The predicted molar refractivity (Wildman–Crippen MR) is 43.9 cm³/mol. The van der Waals surface area contributed by atoms with Crippen molar-refractivity contribution in [2.24, 2.45) is 11.8 Å². The van der Waals surface area contributed by atoms with Crippen LogP contribution in [0.3, 0.4) is 0 Å². The number of fused-ring (bicyclic) bond motifs is 1. The number of nitriles is 1. The van der Waals surface area contributed by atoms with Gasteiger partial charge in [0.15, 0.2) is 5.60 Å². The first-order chi connectivity index (χ1) is 5.33. The fourth-order valence-electron chi connectivity index (χ4n) is 2.47. The highest BCUT2D eigenvalue weighted by atomic mass is 27.0. The summed E-state index contributed by atoms with van der Waals surface area (Å²) in [6.07, 6.45) is 2.45. The van der Waals surface area contributed by atoms with Gasteiger partial charge in [-0.15, -0.1) is 0 Å². The van der Waals surface area contributed by atoms with Crippen molar-refractivity contribution in [3.63, 3.8) is 0 Å². The van der Waals surface area contributed by atoms with Crippen molar-refractivity contribution >= 4 is 16.3 Å². The summed E-state index contributed by atoms with van der Waals surface area (Å²) < 4.78 is 5.46. The van der Waals surface area contributed by atoms with Crippen LogP contribution in [0.15, 0.2) is 0 Å². The summed E-state index contributed by atoms with van der Waals surface area (Å²) in [5.41, 5.74) is -0.318. The van der Waals surface area contributed by atoms with Crippen molar-refractivity contribution in [3.05, 3.63) is 0 Å². The van der Waals surface area contributed by atoms with Gasteiger partial charge in [0, 0.05) is 5.92 Å². The second-order valence-electron chi connectivity index (χ2n) is 3.60. The highest BCUT2D eigenvalue weighted by molar-refractivity contribution is 6.08. The smallest absolute Gasteiger partial charge is 0.212 e. The van der Waals surface area contributed by atoms with Gasteiger partial charge < -0.3 is 4.74 Å². The van der Waals surface area contributed by atoms with E-state index in [1.807, 2.05) is 0 Å². The zero-order valence-electron chi connectivity index (χ0n) is 6.84. The minimum Gasteiger partial charge on any atom is -0.359 e. The lowest BCUT2D eigenvalue weighted by Gasteiger charge is -2.42. The average Bonchev–Trinajstić information content (AvgIpc) is 2.23. The quantitative estimate of drug-likeness (QED) is 0.525. The molecular formula is C8H12AlNO. The summed E-state index contributed by atoms with van der Waals surface area (Å²) in [6, 6.07) is 2.38. The number of hydrogen-bond acceptors (Lipinski definition) is 2. The summed E-state index contributed by atoms with van der Waals surface area (Å²) in [4.78, 5) is 0. The van der Waals surface area contributed by atoms with Crippen molar-refractivity contribution < 1.29 is 4.74 Å². The molecule has 0 radical (unpaired) electrons. The molecule has 0 N–H and O–H groups in total. The van der Waals surface area contributed by atoms with Crippen LogP contribution in [0, 0.1) is 23.2 Å².